The molecule has 0 atom stereocenters. The van der Waals surface area contributed by atoms with Gasteiger partial charge in [0.1, 0.15) is 10.8 Å². The lowest BCUT2D eigenvalue weighted by Gasteiger charge is -2.11. The number of halogens is 4. The maximum atomic E-state index is 12.7. The van der Waals surface area contributed by atoms with E-state index in [1.807, 2.05) is 29.6 Å². The van der Waals surface area contributed by atoms with Crippen LogP contribution in [0.4, 0.5) is 13.2 Å². The van der Waals surface area contributed by atoms with Crippen molar-refractivity contribution >= 4 is 52.6 Å². The molecule has 0 aromatic carbocycles. The highest BCUT2D eigenvalue weighted by Gasteiger charge is 2.33. The van der Waals surface area contributed by atoms with E-state index in [2.05, 4.69) is 20.6 Å². The predicted molar refractivity (Wildman–Crippen MR) is 115 cm³/mol. The number of aromatic nitrogens is 1. The van der Waals surface area contributed by atoms with Crippen LogP contribution < -0.4 is 10.6 Å². The predicted octanol–water partition coefficient (Wildman–Crippen LogP) is 4.91. The average molecular weight is 542 g/mol. The standard InChI is InChI=1S/C17H17F3N4OS2.HI/c18-17(19,20)14-11-27-15(24-14)10-23-16(22-9-13-4-2-8-26-13)21-6-5-12-3-1-7-25-12;/h1-4,7-8,11H,5-6,9-10H2,(H2,21,22,23);1H. The molecule has 0 unspecified atom stereocenters. The van der Waals surface area contributed by atoms with Crippen LogP contribution in [0.25, 0.3) is 0 Å². The summed E-state index contributed by atoms with van der Waals surface area (Å²) in [6, 6.07) is 7.62. The van der Waals surface area contributed by atoms with Crippen molar-refractivity contribution in [2.45, 2.75) is 25.7 Å². The van der Waals surface area contributed by atoms with Crippen molar-refractivity contribution in [1.29, 1.82) is 0 Å². The molecule has 2 N–H and O–H groups in total. The van der Waals surface area contributed by atoms with Gasteiger partial charge in [0.25, 0.3) is 0 Å². The van der Waals surface area contributed by atoms with E-state index in [0.29, 0.717) is 30.5 Å². The lowest BCUT2D eigenvalue weighted by molar-refractivity contribution is -0.140. The van der Waals surface area contributed by atoms with Crippen LogP contribution in [-0.2, 0) is 25.7 Å². The number of nitrogens with one attached hydrogen (secondary N) is 2. The number of alkyl halides is 3. The fourth-order valence-corrected chi connectivity index (χ4v) is 3.54. The zero-order valence-corrected chi connectivity index (χ0v) is 18.5. The van der Waals surface area contributed by atoms with Gasteiger partial charge in [0.15, 0.2) is 11.7 Å². The third kappa shape index (κ3) is 7.09. The molecule has 5 nitrogen and oxygen atoms in total. The first-order valence-corrected chi connectivity index (χ1v) is 9.85. The van der Waals surface area contributed by atoms with Gasteiger partial charge in [0.05, 0.1) is 19.4 Å². The van der Waals surface area contributed by atoms with Crippen LogP contribution in [0.3, 0.4) is 0 Å². The van der Waals surface area contributed by atoms with Crippen LogP contribution >= 0.6 is 46.7 Å². The second-order valence-electron chi connectivity index (χ2n) is 5.48. The van der Waals surface area contributed by atoms with E-state index in [0.717, 1.165) is 27.4 Å². The third-order valence-electron chi connectivity index (χ3n) is 3.47. The quantitative estimate of drug-likeness (QED) is 0.253. The zero-order chi connectivity index (χ0) is 19.1. The van der Waals surface area contributed by atoms with Crippen molar-refractivity contribution in [1.82, 2.24) is 15.6 Å². The van der Waals surface area contributed by atoms with Gasteiger partial charge >= 0.3 is 6.18 Å². The van der Waals surface area contributed by atoms with E-state index >= 15 is 0 Å². The topological polar surface area (TPSA) is 62.5 Å². The van der Waals surface area contributed by atoms with Crippen molar-refractivity contribution in [2.75, 3.05) is 6.54 Å². The summed E-state index contributed by atoms with van der Waals surface area (Å²) in [5, 5.41) is 9.54. The summed E-state index contributed by atoms with van der Waals surface area (Å²) in [7, 11) is 0. The molecule has 0 amide bonds. The van der Waals surface area contributed by atoms with Gasteiger partial charge in [-0.3, -0.25) is 0 Å². The first-order chi connectivity index (χ1) is 13.0. The SMILES string of the molecule is FC(F)(F)c1csc(CNC(=NCc2cccs2)NCCc2ccco2)n1.I. The molecule has 0 aliphatic carbocycles. The number of guanidine groups is 1. The monoisotopic (exact) mass is 542 g/mol. The van der Waals surface area contributed by atoms with E-state index in [-0.39, 0.29) is 30.5 Å². The summed E-state index contributed by atoms with van der Waals surface area (Å²) >= 11 is 2.56. The normalized spacial score (nSPS) is 11.9. The molecule has 3 aromatic rings. The van der Waals surface area contributed by atoms with Gasteiger partial charge < -0.3 is 15.1 Å². The zero-order valence-electron chi connectivity index (χ0n) is 14.5. The van der Waals surface area contributed by atoms with Gasteiger partial charge in [0.2, 0.25) is 0 Å². The van der Waals surface area contributed by atoms with Crippen LogP contribution in [-0.4, -0.2) is 17.5 Å². The van der Waals surface area contributed by atoms with Crippen molar-refractivity contribution in [3.05, 3.63) is 62.6 Å². The van der Waals surface area contributed by atoms with Gasteiger partial charge in [0, 0.05) is 23.2 Å². The largest absolute Gasteiger partial charge is 0.469 e. The minimum Gasteiger partial charge on any atom is -0.469 e. The fourth-order valence-electron chi connectivity index (χ4n) is 2.17. The molecule has 0 aliphatic rings. The molecule has 152 valence electrons. The van der Waals surface area contributed by atoms with Crippen LogP contribution in [0.1, 0.15) is 21.3 Å². The van der Waals surface area contributed by atoms with Crippen LogP contribution in [0.5, 0.6) is 0 Å². The Kier molecular flexibility index (Phi) is 8.76. The summed E-state index contributed by atoms with van der Waals surface area (Å²) in [5.41, 5.74) is -0.868. The molecule has 0 fully saturated rings. The lowest BCUT2D eigenvalue weighted by Crippen LogP contribution is -2.38. The van der Waals surface area contributed by atoms with E-state index in [9.17, 15) is 13.2 Å². The average Bonchev–Trinajstić information content (AvgIpc) is 3.39. The molecule has 3 aromatic heterocycles. The molecule has 0 aliphatic heterocycles. The van der Waals surface area contributed by atoms with E-state index in [1.54, 1.807) is 17.6 Å². The molecule has 0 saturated carbocycles. The summed E-state index contributed by atoms with van der Waals surface area (Å²) in [5.74, 6) is 1.36. The number of hydrogen-bond acceptors (Lipinski definition) is 5. The molecule has 0 spiro atoms. The third-order valence-corrected chi connectivity index (χ3v) is 5.18. The number of rotatable bonds is 7. The summed E-state index contributed by atoms with van der Waals surface area (Å²) in [6.07, 6.45) is -2.14. The second kappa shape index (κ2) is 10.8. The Hall–Kier alpha value is -1.60. The highest BCUT2D eigenvalue weighted by molar-refractivity contribution is 14.0. The lowest BCUT2D eigenvalue weighted by atomic mass is 10.3. The Morgan fingerprint density at radius 2 is 2.04 bits per heavy atom. The molecule has 0 saturated heterocycles. The van der Waals surface area contributed by atoms with E-state index in [4.69, 9.17) is 4.42 Å². The van der Waals surface area contributed by atoms with E-state index < -0.39 is 11.9 Å². The Balaban J connectivity index is 0.00000280. The van der Waals surface area contributed by atoms with Crippen molar-refractivity contribution in [2.24, 2.45) is 4.99 Å². The highest BCUT2D eigenvalue weighted by atomic mass is 127. The minimum atomic E-state index is -4.42. The number of nitrogens with zero attached hydrogens (tertiary/aromatic N) is 2. The van der Waals surface area contributed by atoms with Crippen molar-refractivity contribution < 1.29 is 17.6 Å². The number of hydrogen-bond donors (Lipinski definition) is 2. The Morgan fingerprint density at radius 3 is 2.68 bits per heavy atom. The summed E-state index contributed by atoms with van der Waals surface area (Å²) < 4.78 is 43.3. The number of thiazole rings is 1. The molecular formula is C17H18F3IN4OS2. The number of aliphatic imine (C=N–C) groups is 1. The van der Waals surface area contributed by atoms with E-state index in [1.165, 1.54) is 0 Å². The molecule has 0 bridgehead atoms. The van der Waals surface area contributed by atoms with Crippen molar-refractivity contribution in [3.63, 3.8) is 0 Å². The molecule has 0 radical (unpaired) electrons. The highest BCUT2D eigenvalue weighted by Crippen LogP contribution is 2.29. The molecule has 11 heteroatoms. The molecule has 3 heterocycles. The number of thiophene rings is 1. The van der Waals surface area contributed by atoms with Gasteiger partial charge in [-0.15, -0.1) is 46.7 Å². The molecular weight excluding hydrogens is 524 g/mol. The van der Waals surface area contributed by atoms with Crippen LogP contribution in [0.2, 0.25) is 0 Å². The smallest absolute Gasteiger partial charge is 0.434 e. The summed E-state index contributed by atoms with van der Waals surface area (Å²) in [4.78, 5) is 9.20. The maximum Gasteiger partial charge on any atom is 0.434 e. The summed E-state index contributed by atoms with van der Waals surface area (Å²) in [6.45, 7) is 1.23. The van der Waals surface area contributed by atoms with Gasteiger partial charge in [-0.1, -0.05) is 6.07 Å². The number of furan rings is 1. The first kappa shape index (κ1) is 22.7. The van der Waals surface area contributed by atoms with Crippen LogP contribution in [0.15, 0.2) is 50.7 Å². The van der Waals surface area contributed by atoms with Gasteiger partial charge in [-0.25, -0.2) is 9.98 Å². The Labute approximate surface area is 185 Å². The van der Waals surface area contributed by atoms with Gasteiger partial charge in [-0.2, -0.15) is 13.2 Å². The molecule has 3 rings (SSSR count). The van der Waals surface area contributed by atoms with Crippen molar-refractivity contribution in [3.8, 4) is 0 Å². The Morgan fingerprint density at radius 1 is 1.18 bits per heavy atom. The maximum absolute atomic E-state index is 12.7. The molecule has 28 heavy (non-hydrogen) atoms. The fraction of sp³-hybridized carbons (Fsp3) is 0.294. The Bertz CT molecular complexity index is 848. The minimum absolute atomic E-state index is 0. The first-order valence-electron chi connectivity index (χ1n) is 8.09. The van der Waals surface area contributed by atoms with Crippen LogP contribution in [0, 0.1) is 0 Å². The van der Waals surface area contributed by atoms with Gasteiger partial charge in [-0.05, 0) is 23.6 Å². The second-order valence-corrected chi connectivity index (χ2v) is 7.45.